The van der Waals surface area contributed by atoms with E-state index < -0.39 is 18.4 Å². The minimum absolute atomic E-state index is 0.220. The molecular weight excluding hydrogens is 502 g/mol. The number of carboxylic acid groups (broad SMARTS) is 1. The van der Waals surface area contributed by atoms with Crippen LogP contribution in [-0.4, -0.2) is 39.4 Å². The lowest BCUT2D eigenvalue weighted by Gasteiger charge is -2.15. The highest BCUT2D eigenvalue weighted by molar-refractivity contribution is 8.26. The molecule has 1 amide bonds. The lowest BCUT2D eigenvalue weighted by molar-refractivity contribution is -0.140. The fourth-order valence-corrected chi connectivity index (χ4v) is 5.33. The van der Waals surface area contributed by atoms with Crippen LogP contribution in [0.25, 0.3) is 6.08 Å². The van der Waals surface area contributed by atoms with E-state index >= 15 is 0 Å². The molecular formula is C26H23NO5S3. The highest BCUT2D eigenvalue weighted by atomic mass is 32.2. The van der Waals surface area contributed by atoms with E-state index in [2.05, 4.69) is 12.1 Å². The SMILES string of the molecule is O=C(O)CN1C(=O)/C(=C\c2cccc(OCCCc3ccccc3)c2OCc2cccs2)SC1=S. The van der Waals surface area contributed by atoms with Gasteiger partial charge in [-0.1, -0.05) is 72.5 Å². The molecule has 6 nitrogen and oxygen atoms in total. The summed E-state index contributed by atoms with van der Waals surface area (Å²) in [5, 5.41) is 11.1. The number of benzene rings is 2. The van der Waals surface area contributed by atoms with Crippen LogP contribution in [0.1, 0.15) is 22.4 Å². The molecule has 1 N–H and O–H groups in total. The van der Waals surface area contributed by atoms with E-state index in [0.29, 0.717) is 35.2 Å². The molecule has 0 saturated carbocycles. The molecule has 0 aliphatic carbocycles. The standard InChI is InChI=1S/C26H23NO5S3/c28-23(29)16-27-25(30)22(35-26(27)33)15-19-10-4-12-21(24(19)32-17-20-11-6-14-34-20)31-13-5-9-18-7-2-1-3-8-18/h1-4,6-8,10-12,14-15H,5,9,13,16-17H2,(H,28,29)/b22-15+. The number of thioether (sulfide) groups is 1. The number of ether oxygens (including phenoxy) is 2. The average molecular weight is 526 g/mol. The first-order valence-corrected chi connectivity index (χ1v) is 13.0. The van der Waals surface area contributed by atoms with Crippen LogP contribution in [0.4, 0.5) is 0 Å². The van der Waals surface area contributed by atoms with Crippen LogP contribution >= 0.6 is 35.3 Å². The summed E-state index contributed by atoms with van der Waals surface area (Å²) < 4.78 is 12.5. The van der Waals surface area contributed by atoms with Crippen LogP contribution in [0.3, 0.4) is 0 Å². The van der Waals surface area contributed by atoms with Crippen molar-refractivity contribution in [1.82, 2.24) is 4.90 Å². The monoisotopic (exact) mass is 525 g/mol. The average Bonchev–Trinajstić information content (AvgIpc) is 3.46. The highest BCUT2D eigenvalue weighted by Gasteiger charge is 2.33. The number of amides is 1. The van der Waals surface area contributed by atoms with Crippen LogP contribution < -0.4 is 9.47 Å². The molecule has 1 aromatic heterocycles. The molecule has 9 heteroatoms. The number of aryl methyl sites for hydroxylation is 1. The number of rotatable bonds is 11. The van der Waals surface area contributed by atoms with Crippen molar-refractivity contribution in [2.45, 2.75) is 19.4 Å². The topological polar surface area (TPSA) is 76.1 Å². The number of hydrogen-bond donors (Lipinski definition) is 1. The first-order chi connectivity index (χ1) is 17.0. The number of carboxylic acids is 1. The fraction of sp³-hybridized carbons (Fsp3) is 0.192. The quantitative estimate of drug-likeness (QED) is 0.198. The van der Waals surface area contributed by atoms with Crippen molar-refractivity contribution in [2.75, 3.05) is 13.2 Å². The second-order valence-corrected chi connectivity index (χ2v) is 10.3. The Morgan fingerprint density at radius 1 is 1.06 bits per heavy atom. The number of aliphatic carboxylic acids is 1. The third kappa shape index (κ3) is 6.72. The van der Waals surface area contributed by atoms with Crippen molar-refractivity contribution in [3.8, 4) is 11.5 Å². The largest absolute Gasteiger partial charge is 0.490 e. The Morgan fingerprint density at radius 3 is 2.63 bits per heavy atom. The Hall–Kier alpha value is -3.14. The molecule has 4 rings (SSSR count). The molecule has 0 unspecified atom stereocenters. The van der Waals surface area contributed by atoms with Crippen LogP contribution in [-0.2, 0) is 22.6 Å². The van der Waals surface area contributed by atoms with Crippen LogP contribution in [0.2, 0.25) is 0 Å². The van der Waals surface area contributed by atoms with E-state index in [-0.39, 0.29) is 4.32 Å². The molecule has 1 saturated heterocycles. The minimum atomic E-state index is -1.12. The normalized spacial score (nSPS) is 14.5. The van der Waals surface area contributed by atoms with E-state index in [1.165, 1.54) is 5.56 Å². The second kappa shape index (κ2) is 12.0. The van der Waals surface area contributed by atoms with Gasteiger partial charge in [0.05, 0.1) is 11.5 Å². The van der Waals surface area contributed by atoms with Crippen molar-refractivity contribution < 1.29 is 24.2 Å². The molecule has 1 aliphatic heterocycles. The van der Waals surface area contributed by atoms with Crippen molar-refractivity contribution in [3.63, 3.8) is 0 Å². The maximum Gasteiger partial charge on any atom is 0.323 e. The van der Waals surface area contributed by atoms with Gasteiger partial charge in [-0.2, -0.15) is 0 Å². The summed E-state index contributed by atoms with van der Waals surface area (Å²) in [5.74, 6) is -0.428. The highest BCUT2D eigenvalue weighted by Crippen LogP contribution is 2.38. The molecule has 0 radical (unpaired) electrons. The first-order valence-electron chi connectivity index (χ1n) is 10.9. The summed E-state index contributed by atoms with van der Waals surface area (Å²) in [7, 11) is 0. The summed E-state index contributed by atoms with van der Waals surface area (Å²) in [5.41, 5.74) is 1.92. The van der Waals surface area contributed by atoms with Gasteiger partial charge in [-0.25, -0.2) is 0 Å². The van der Waals surface area contributed by atoms with Gasteiger partial charge in [0.1, 0.15) is 17.5 Å². The Balaban J connectivity index is 1.53. The van der Waals surface area contributed by atoms with Crippen molar-refractivity contribution in [1.29, 1.82) is 0 Å². The van der Waals surface area contributed by atoms with Gasteiger partial charge in [0.2, 0.25) is 0 Å². The molecule has 1 aliphatic rings. The molecule has 2 aromatic carbocycles. The van der Waals surface area contributed by atoms with Crippen molar-refractivity contribution in [2.24, 2.45) is 0 Å². The Bertz CT molecular complexity index is 1230. The third-order valence-electron chi connectivity index (χ3n) is 5.11. The number of nitrogens with zero attached hydrogens (tertiary/aromatic N) is 1. The molecule has 1 fully saturated rings. The number of carbonyl (C=O) groups excluding carboxylic acids is 1. The smallest absolute Gasteiger partial charge is 0.323 e. The number of thiocarbonyl (C=S) groups is 1. The predicted octanol–water partition coefficient (Wildman–Crippen LogP) is 5.62. The van der Waals surface area contributed by atoms with Gasteiger partial charge in [0.15, 0.2) is 11.5 Å². The second-order valence-electron chi connectivity index (χ2n) is 7.64. The van der Waals surface area contributed by atoms with Gasteiger partial charge in [-0.3, -0.25) is 14.5 Å². The van der Waals surface area contributed by atoms with E-state index in [0.717, 1.165) is 34.4 Å². The van der Waals surface area contributed by atoms with Crippen LogP contribution in [0.15, 0.2) is 70.9 Å². The lowest BCUT2D eigenvalue weighted by Crippen LogP contribution is -2.33. The Morgan fingerprint density at radius 2 is 1.89 bits per heavy atom. The van der Waals surface area contributed by atoms with E-state index in [1.807, 2.05) is 53.9 Å². The van der Waals surface area contributed by atoms with Gasteiger partial charge >= 0.3 is 5.97 Å². The van der Waals surface area contributed by atoms with E-state index in [9.17, 15) is 9.59 Å². The van der Waals surface area contributed by atoms with Crippen LogP contribution in [0.5, 0.6) is 11.5 Å². The van der Waals surface area contributed by atoms with Gasteiger partial charge in [-0.15, -0.1) is 11.3 Å². The lowest BCUT2D eigenvalue weighted by atomic mass is 10.1. The molecule has 3 aromatic rings. The third-order valence-corrected chi connectivity index (χ3v) is 7.34. The molecule has 0 atom stereocenters. The molecule has 0 spiro atoms. The first kappa shape index (κ1) is 25.0. The number of para-hydroxylation sites is 1. The molecule has 0 bridgehead atoms. The molecule has 35 heavy (non-hydrogen) atoms. The van der Waals surface area contributed by atoms with Gasteiger partial charge < -0.3 is 14.6 Å². The predicted molar refractivity (Wildman–Crippen MR) is 143 cm³/mol. The zero-order valence-electron chi connectivity index (χ0n) is 18.7. The van der Waals surface area contributed by atoms with E-state index in [4.69, 9.17) is 26.8 Å². The number of hydrogen-bond acceptors (Lipinski definition) is 7. The fourth-order valence-electron chi connectivity index (χ4n) is 3.47. The summed E-state index contributed by atoms with van der Waals surface area (Å²) in [6, 6.07) is 19.7. The van der Waals surface area contributed by atoms with Gasteiger partial charge in [-0.05, 0) is 42.0 Å². The summed E-state index contributed by atoms with van der Waals surface area (Å²) >= 11 is 7.89. The Labute approximate surface area is 217 Å². The number of thiophene rings is 1. The minimum Gasteiger partial charge on any atom is -0.490 e. The van der Waals surface area contributed by atoms with Crippen molar-refractivity contribution in [3.05, 3.63) is 87.0 Å². The van der Waals surface area contributed by atoms with E-state index in [1.54, 1.807) is 17.4 Å². The van der Waals surface area contributed by atoms with Gasteiger partial charge in [0.25, 0.3) is 5.91 Å². The Kier molecular flexibility index (Phi) is 8.57. The maximum atomic E-state index is 12.8. The van der Waals surface area contributed by atoms with Gasteiger partial charge in [0, 0.05) is 10.4 Å². The zero-order valence-corrected chi connectivity index (χ0v) is 21.2. The zero-order chi connectivity index (χ0) is 24.6. The molecule has 2 heterocycles. The summed E-state index contributed by atoms with van der Waals surface area (Å²) in [4.78, 5) is 26.4. The number of carbonyl (C=O) groups is 2. The molecule has 180 valence electrons. The summed E-state index contributed by atoms with van der Waals surface area (Å²) in [6.45, 7) is 0.408. The van der Waals surface area contributed by atoms with Crippen molar-refractivity contribution >= 4 is 57.6 Å². The van der Waals surface area contributed by atoms with Crippen LogP contribution in [0, 0.1) is 0 Å². The summed E-state index contributed by atoms with van der Waals surface area (Å²) in [6.07, 6.45) is 3.42. The maximum absolute atomic E-state index is 12.8.